The van der Waals surface area contributed by atoms with Gasteiger partial charge in [-0.25, -0.2) is 0 Å². The Hall–Kier alpha value is -2.56. The van der Waals surface area contributed by atoms with Gasteiger partial charge >= 0.3 is 6.99 Å². The van der Waals surface area contributed by atoms with Crippen molar-refractivity contribution in [2.75, 3.05) is 0 Å². The van der Waals surface area contributed by atoms with Gasteiger partial charge in [-0.1, -0.05) is 36.4 Å². The number of aryl methyl sites for hydroxylation is 1. The van der Waals surface area contributed by atoms with Gasteiger partial charge < -0.3 is 4.32 Å². The third-order valence-corrected chi connectivity index (χ3v) is 4.11. The smallest absolute Gasteiger partial charge is 0.319 e. The number of pyridine rings is 3. The van der Waals surface area contributed by atoms with Gasteiger partial charge in [0.2, 0.25) is 0 Å². The van der Waals surface area contributed by atoms with E-state index in [9.17, 15) is 4.32 Å². The summed E-state index contributed by atoms with van der Waals surface area (Å²) in [5, 5.41) is 1.03. The van der Waals surface area contributed by atoms with Crippen LogP contribution in [0.5, 0.6) is 0 Å². The number of fused-ring (bicyclic) bond motifs is 1. The van der Waals surface area contributed by atoms with Gasteiger partial charge in [-0.3, -0.25) is 15.0 Å². The zero-order valence-electron chi connectivity index (χ0n) is 14.0. The van der Waals surface area contributed by atoms with E-state index in [1.807, 2.05) is 61.5 Å². The molecule has 3 nitrogen and oxygen atoms in total. The summed E-state index contributed by atoms with van der Waals surface area (Å²) in [5.74, 6) is 0. The maximum atomic E-state index is 14.9. The second kappa shape index (κ2) is 7.77. The number of rotatable bonds is 3. The minimum absolute atomic E-state index is 0. The Balaban J connectivity index is 0.00000196. The van der Waals surface area contributed by atoms with Crippen LogP contribution in [0.2, 0.25) is 0 Å². The van der Waals surface area contributed by atoms with E-state index in [1.165, 1.54) is 0 Å². The van der Waals surface area contributed by atoms with Crippen molar-refractivity contribution in [1.29, 1.82) is 0 Å². The van der Waals surface area contributed by atoms with Crippen molar-refractivity contribution in [2.24, 2.45) is 0 Å². The van der Waals surface area contributed by atoms with Crippen molar-refractivity contribution >= 4 is 29.1 Å². The molecule has 3 heterocycles. The summed E-state index contributed by atoms with van der Waals surface area (Å²) >= 11 is 0. The predicted octanol–water partition coefficient (Wildman–Crippen LogP) is 3.07. The van der Waals surface area contributed by atoms with Gasteiger partial charge in [0.05, 0.1) is 22.4 Å². The molecule has 0 fully saturated rings. The quantitative estimate of drug-likeness (QED) is 0.505. The maximum Gasteiger partial charge on any atom is 0.450 e. The Kier molecular flexibility index (Phi) is 5.45. The van der Waals surface area contributed by atoms with Crippen molar-refractivity contribution in [3.05, 3.63) is 78.6 Å². The van der Waals surface area contributed by atoms with E-state index in [-0.39, 0.29) is 17.1 Å². The molecule has 1 aromatic carbocycles. The Bertz CT molecular complexity index is 1050. The van der Waals surface area contributed by atoms with Crippen molar-refractivity contribution in [3.8, 4) is 11.3 Å². The fourth-order valence-electron chi connectivity index (χ4n) is 2.91. The van der Waals surface area contributed by atoms with Crippen LogP contribution in [0.4, 0.5) is 4.32 Å². The number of nitrogens with zero attached hydrogens (tertiary/aromatic N) is 3. The summed E-state index contributed by atoms with van der Waals surface area (Å²) in [6.45, 7) is 0.491. The molecule has 0 aliphatic rings. The first kappa shape index (κ1) is 18.2. The number of benzene rings is 1. The van der Waals surface area contributed by atoms with Crippen molar-refractivity contribution in [3.63, 3.8) is 0 Å². The molecule has 0 saturated carbocycles. The molecule has 3 aromatic heterocycles. The van der Waals surface area contributed by atoms with Gasteiger partial charge in [0.1, 0.15) is 0 Å². The molecule has 0 bridgehead atoms. The van der Waals surface area contributed by atoms with E-state index in [2.05, 4.69) is 15.0 Å². The van der Waals surface area contributed by atoms with Crippen LogP contribution in [0.1, 0.15) is 5.69 Å². The summed E-state index contributed by atoms with van der Waals surface area (Å²) in [5.41, 5.74) is 3.97. The summed E-state index contributed by atoms with van der Waals surface area (Å²) in [4.78, 5) is 13.3. The van der Waals surface area contributed by atoms with E-state index in [0.717, 1.165) is 22.2 Å². The first-order chi connectivity index (χ1) is 12.2. The van der Waals surface area contributed by atoms with Gasteiger partial charge in [0, 0.05) is 39.9 Å². The molecule has 26 heavy (non-hydrogen) atoms. The first-order valence-corrected chi connectivity index (χ1v) is 8.11. The average Bonchev–Trinajstić information content (AvgIpc) is 2.67. The van der Waals surface area contributed by atoms with Crippen LogP contribution >= 0.6 is 0 Å². The molecule has 0 atom stereocenters. The SMILES string of the molecule is Cc1cccc(B(F)c2cccc(-c3cccc4cccnc34)n2)n1.[Cu]. The van der Waals surface area contributed by atoms with Gasteiger partial charge in [-0.05, 0) is 37.3 Å². The molecule has 0 unspecified atom stereocenters. The normalized spacial score (nSPS) is 10.4. The molecule has 4 aromatic rings. The number of hydrogen-bond acceptors (Lipinski definition) is 3. The van der Waals surface area contributed by atoms with Crippen LogP contribution in [0.25, 0.3) is 22.2 Å². The third kappa shape index (κ3) is 3.52. The van der Waals surface area contributed by atoms with Gasteiger partial charge in [0.15, 0.2) is 0 Å². The van der Waals surface area contributed by atoms with E-state index in [0.29, 0.717) is 16.9 Å². The second-order valence-corrected chi connectivity index (χ2v) is 5.89. The number of para-hydroxylation sites is 1. The number of hydrogen-bond donors (Lipinski definition) is 0. The third-order valence-electron chi connectivity index (χ3n) is 4.11. The summed E-state index contributed by atoms with van der Waals surface area (Å²) in [6.07, 6.45) is 1.75. The molecule has 1 radical (unpaired) electrons. The fraction of sp³-hybridized carbons (Fsp3) is 0.0500. The van der Waals surface area contributed by atoms with Crippen LogP contribution in [-0.2, 0) is 17.1 Å². The molecule has 0 spiro atoms. The maximum absolute atomic E-state index is 14.9. The summed E-state index contributed by atoms with van der Waals surface area (Å²) in [7, 11) is 0. The molecule has 0 amide bonds. The summed E-state index contributed by atoms with van der Waals surface area (Å²) in [6, 6.07) is 20.6. The van der Waals surface area contributed by atoms with E-state index >= 15 is 0 Å². The zero-order chi connectivity index (χ0) is 17.2. The van der Waals surface area contributed by atoms with Crippen LogP contribution in [0, 0.1) is 6.92 Å². The average molecular weight is 391 g/mol. The Morgan fingerprint density at radius 1 is 0.808 bits per heavy atom. The summed E-state index contributed by atoms with van der Waals surface area (Å²) < 4.78 is 14.9. The molecule has 6 heteroatoms. The molecule has 0 saturated heterocycles. The Morgan fingerprint density at radius 3 is 2.31 bits per heavy atom. The fourth-order valence-corrected chi connectivity index (χ4v) is 2.91. The molecule has 0 aliphatic carbocycles. The topological polar surface area (TPSA) is 38.7 Å². The molecule has 0 N–H and O–H groups in total. The Labute approximate surface area is 162 Å². The molecule has 0 aliphatic heterocycles. The molecular formula is C20H15BCuFN3. The van der Waals surface area contributed by atoms with Crippen molar-refractivity contribution < 1.29 is 21.4 Å². The molecule has 4 rings (SSSR count). The number of aromatic nitrogens is 3. The zero-order valence-corrected chi connectivity index (χ0v) is 15.0. The van der Waals surface area contributed by atoms with Gasteiger partial charge in [0.25, 0.3) is 0 Å². The monoisotopic (exact) mass is 390 g/mol. The van der Waals surface area contributed by atoms with Crippen LogP contribution in [0.15, 0.2) is 72.9 Å². The largest absolute Gasteiger partial charge is 0.450 e. The standard InChI is InChI=1S/C20H15BFN3.Cu/c1-14-6-2-11-18(24-14)21(22)19-12-4-10-17(25-19)16-9-3-7-15-8-5-13-23-20(15)16;/h2-13H,1H3;. The van der Waals surface area contributed by atoms with Crippen LogP contribution in [0.3, 0.4) is 0 Å². The molecular weight excluding hydrogens is 376 g/mol. The molecule has 131 valence electrons. The van der Waals surface area contributed by atoms with Crippen molar-refractivity contribution in [2.45, 2.75) is 6.92 Å². The predicted molar refractivity (Wildman–Crippen MR) is 100 cm³/mol. The Morgan fingerprint density at radius 2 is 1.50 bits per heavy atom. The van der Waals surface area contributed by atoms with E-state index in [1.54, 1.807) is 18.3 Å². The minimum Gasteiger partial charge on any atom is -0.319 e. The van der Waals surface area contributed by atoms with Crippen LogP contribution in [-0.4, -0.2) is 21.9 Å². The van der Waals surface area contributed by atoms with Gasteiger partial charge in [-0.15, -0.1) is 0 Å². The van der Waals surface area contributed by atoms with Gasteiger partial charge in [-0.2, -0.15) is 0 Å². The van der Waals surface area contributed by atoms with Crippen molar-refractivity contribution in [1.82, 2.24) is 15.0 Å². The van der Waals surface area contributed by atoms with Crippen LogP contribution < -0.4 is 11.2 Å². The number of halogens is 1. The first-order valence-electron chi connectivity index (χ1n) is 8.11. The van der Waals surface area contributed by atoms with E-state index < -0.39 is 6.99 Å². The van der Waals surface area contributed by atoms with E-state index in [4.69, 9.17) is 0 Å². The second-order valence-electron chi connectivity index (χ2n) is 5.89. The minimum atomic E-state index is -1.36.